The van der Waals surface area contributed by atoms with Crippen LogP contribution in [0.1, 0.15) is 99.0 Å². The van der Waals surface area contributed by atoms with E-state index in [9.17, 15) is 33.2 Å². The lowest BCUT2D eigenvalue weighted by Crippen LogP contribution is -2.19. The Morgan fingerprint density at radius 3 is 1.53 bits per heavy atom. The summed E-state index contributed by atoms with van der Waals surface area (Å²) in [6, 6.07) is 10.4. The minimum absolute atomic E-state index is 0.00519. The Bertz CT molecular complexity index is 1640. The quantitative estimate of drug-likeness (QED) is 0.274. The minimum atomic E-state index is -0.610. The molecular formula is C28H14ClFO8. The second-order valence-electron chi connectivity index (χ2n) is 8.52. The molecule has 0 saturated carbocycles. The van der Waals surface area contributed by atoms with Crippen LogP contribution in [0.25, 0.3) is 0 Å². The zero-order valence-corrected chi connectivity index (χ0v) is 20.4. The van der Waals surface area contributed by atoms with E-state index in [0.29, 0.717) is 5.02 Å². The molecule has 6 rings (SSSR count). The molecule has 2 aliphatic carbocycles. The first-order valence-electron chi connectivity index (χ1n) is 11.0. The molecule has 0 spiro atoms. The Balaban J connectivity index is 0.000000155. The fraction of sp³-hybridized carbons (Fsp3) is 0.0714. The lowest BCUT2D eigenvalue weighted by molar-refractivity contribution is 0.0943. The number of hydrogen-bond donors (Lipinski definition) is 0. The van der Waals surface area contributed by atoms with Crippen molar-refractivity contribution in [2.24, 2.45) is 0 Å². The van der Waals surface area contributed by atoms with Gasteiger partial charge in [-0.05, 0) is 48.5 Å². The maximum Gasteiger partial charge on any atom is 0.229 e. The molecule has 0 atom stereocenters. The van der Waals surface area contributed by atoms with Crippen LogP contribution in [0.5, 0.6) is 0 Å². The van der Waals surface area contributed by atoms with Gasteiger partial charge in [0.2, 0.25) is 11.6 Å². The van der Waals surface area contributed by atoms with E-state index >= 15 is 0 Å². The molecule has 0 N–H and O–H groups in total. The van der Waals surface area contributed by atoms with Gasteiger partial charge in [0.15, 0.2) is 46.2 Å². The third-order valence-electron chi connectivity index (χ3n) is 6.00. The lowest BCUT2D eigenvalue weighted by Gasteiger charge is -2.12. The normalized spacial score (nSPS) is 13.2. The number of carbonyl (C=O) groups excluding carboxylic acids is 6. The molecule has 0 amide bonds. The fourth-order valence-electron chi connectivity index (χ4n) is 4.14. The number of ketones is 6. The largest absolute Gasteiger partial charge is 0.449 e. The summed E-state index contributed by atoms with van der Waals surface area (Å²) < 4.78 is 23.4. The molecule has 2 heterocycles. The number of rotatable bonds is 2. The minimum Gasteiger partial charge on any atom is -0.449 e. The molecule has 8 nitrogen and oxygen atoms in total. The van der Waals surface area contributed by atoms with E-state index < -0.39 is 23.2 Å². The summed E-state index contributed by atoms with van der Waals surface area (Å²) >= 11 is 5.82. The van der Waals surface area contributed by atoms with E-state index in [4.69, 9.17) is 20.4 Å². The number of carbonyl (C=O) groups is 6. The molecule has 0 fully saturated rings. The van der Waals surface area contributed by atoms with Gasteiger partial charge in [0.1, 0.15) is 5.82 Å². The molecule has 0 aliphatic heterocycles. The lowest BCUT2D eigenvalue weighted by atomic mass is 9.88. The molecule has 0 bridgehead atoms. The topological polar surface area (TPSA) is 129 Å². The standard InChI is InChI=1S/C14H7ClO4.C14H7FO4/c2*1-6(16)11-5-10-12(17)8-3-2-7(15)4-9(8)13(18)14(10)19-11/h2*2-5H,1H3. The number of hydrogen-bond acceptors (Lipinski definition) is 8. The molecule has 0 radical (unpaired) electrons. The number of benzene rings is 2. The van der Waals surface area contributed by atoms with Crippen LogP contribution in [0.3, 0.4) is 0 Å². The van der Waals surface area contributed by atoms with Crippen molar-refractivity contribution in [2.45, 2.75) is 13.8 Å². The van der Waals surface area contributed by atoms with Crippen LogP contribution in [-0.2, 0) is 0 Å². The first kappa shape index (κ1) is 24.9. The van der Waals surface area contributed by atoms with Gasteiger partial charge in [0.05, 0.1) is 11.1 Å². The predicted octanol–water partition coefficient (Wildman–Crippen LogP) is 5.31. The molecule has 0 unspecified atom stereocenters. The molecule has 2 aromatic carbocycles. The summed E-state index contributed by atoms with van der Waals surface area (Å²) in [6.07, 6.45) is 0. The maximum atomic E-state index is 13.2. The Morgan fingerprint density at radius 1 is 0.605 bits per heavy atom. The third kappa shape index (κ3) is 3.93. The molecule has 2 aliphatic rings. The zero-order chi connectivity index (χ0) is 27.5. The second-order valence-corrected chi connectivity index (χ2v) is 8.95. The maximum absolute atomic E-state index is 13.2. The summed E-state index contributed by atoms with van der Waals surface area (Å²) in [5.74, 6) is -3.47. The van der Waals surface area contributed by atoms with Crippen molar-refractivity contribution in [2.75, 3.05) is 0 Å². The SMILES string of the molecule is CC(=O)c1cc2c(o1)C(=O)c1cc(Cl)ccc1C2=O.CC(=O)c1cc2c(o1)C(=O)c1cc(F)ccc1C2=O. The van der Waals surface area contributed by atoms with Crippen LogP contribution in [0, 0.1) is 5.82 Å². The molecular weight excluding hydrogens is 519 g/mol. The zero-order valence-electron chi connectivity index (χ0n) is 19.6. The van der Waals surface area contributed by atoms with Crippen molar-refractivity contribution in [3.05, 3.63) is 116 Å². The first-order chi connectivity index (χ1) is 18.0. The van der Waals surface area contributed by atoms with Gasteiger partial charge in [-0.15, -0.1) is 0 Å². The van der Waals surface area contributed by atoms with Crippen LogP contribution in [0.2, 0.25) is 5.02 Å². The van der Waals surface area contributed by atoms with Gasteiger partial charge in [0.25, 0.3) is 0 Å². The Morgan fingerprint density at radius 2 is 1.05 bits per heavy atom. The molecule has 10 heteroatoms. The van der Waals surface area contributed by atoms with Gasteiger partial charge in [0, 0.05) is 41.1 Å². The van der Waals surface area contributed by atoms with Crippen LogP contribution in [0.4, 0.5) is 4.39 Å². The molecule has 2 aromatic heterocycles. The fourth-order valence-corrected chi connectivity index (χ4v) is 4.32. The van der Waals surface area contributed by atoms with E-state index in [1.807, 2.05) is 0 Å². The second kappa shape index (κ2) is 8.97. The van der Waals surface area contributed by atoms with Crippen LogP contribution in [-0.4, -0.2) is 34.7 Å². The highest BCUT2D eigenvalue weighted by Crippen LogP contribution is 2.32. The van der Waals surface area contributed by atoms with Gasteiger partial charge in [-0.25, -0.2) is 4.39 Å². The van der Waals surface area contributed by atoms with Crippen LogP contribution in [0.15, 0.2) is 57.4 Å². The summed E-state index contributed by atoms with van der Waals surface area (Å²) in [5.41, 5.74) is 0.739. The summed E-state index contributed by atoms with van der Waals surface area (Å²) in [7, 11) is 0. The molecule has 188 valence electrons. The predicted molar refractivity (Wildman–Crippen MR) is 129 cm³/mol. The number of fused-ring (bicyclic) bond motifs is 4. The summed E-state index contributed by atoms with van der Waals surface area (Å²) in [6.45, 7) is 2.58. The smallest absolute Gasteiger partial charge is 0.229 e. The van der Waals surface area contributed by atoms with Crippen molar-refractivity contribution in [1.29, 1.82) is 0 Å². The van der Waals surface area contributed by atoms with E-state index in [-0.39, 0.29) is 73.8 Å². The van der Waals surface area contributed by atoms with Gasteiger partial charge in [-0.1, -0.05) is 11.6 Å². The molecule has 38 heavy (non-hydrogen) atoms. The van der Waals surface area contributed by atoms with Crippen molar-refractivity contribution in [1.82, 2.24) is 0 Å². The number of furan rings is 2. The molecule has 0 saturated heterocycles. The average molecular weight is 533 g/mol. The van der Waals surface area contributed by atoms with Crippen molar-refractivity contribution in [3.8, 4) is 0 Å². The Labute approximate surface area is 218 Å². The van der Waals surface area contributed by atoms with Crippen molar-refractivity contribution >= 4 is 46.3 Å². The van der Waals surface area contributed by atoms with Gasteiger partial charge < -0.3 is 8.83 Å². The van der Waals surface area contributed by atoms with E-state index in [2.05, 4.69) is 0 Å². The van der Waals surface area contributed by atoms with E-state index in [1.165, 1.54) is 44.2 Å². The highest BCUT2D eigenvalue weighted by atomic mass is 35.5. The average Bonchev–Trinajstić information content (AvgIpc) is 3.53. The Hall–Kier alpha value is -4.76. The Kier molecular flexibility index (Phi) is 5.88. The van der Waals surface area contributed by atoms with E-state index in [0.717, 1.165) is 12.1 Å². The van der Waals surface area contributed by atoms with Gasteiger partial charge in [-0.2, -0.15) is 0 Å². The monoisotopic (exact) mass is 532 g/mol. The number of Topliss-reactive ketones (excluding diaryl/α,β-unsaturated/α-hetero) is 2. The highest BCUT2D eigenvalue weighted by Gasteiger charge is 2.35. The third-order valence-corrected chi connectivity index (χ3v) is 6.24. The number of halogens is 2. The van der Waals surface area contributed by atoms with Gasteiger partial charge in [-0.3, -0.25) is 28.8 Å². The van der Waals surface area contributed by atoms with Crippen molar-refractivity contribution in [3.63, 3.8) is 0 Å². The van der Waals surface area contributed by atoms with Crippen LogP contribution < -0.4 is 0 Å². The van der Waals surface area contributed by atoms with Crippen molar-refractivity contribution < 1.29 is 42.0 Å². The molecule has 4 aromatic rings. The summed E-state index contributed by atoms with van der Waals surface area (Å²) in [5, 5.41) is 0.363. The highest BCUT2D eigenvalue weighted by molar-refractivity contribution is 6.33. The van der Waals surface area contributed by atoms with E-state index in [1.54, 1.807) is 6.07 Å². The van der Waals surface area contributed by atoms with Gasteiger partial charge >= 0.3 is 0 Å². The first-order valence-corrected chi connectivity index (χ1v) is 11.4. The van der Waals surface area contributed by atoms with Crippen LogP contribution >= 0.6 is 11.6 Å². The summed E-state index contributed by atoms with van der Waals surface area (Å²) in [4.78, 5) is 71.2.